The number of rotatable bonds is 6. The molecule has 3 aromatic carbocycles. The standard InChI is InChI=1S/C34H36FN5O4/c1-34(2,3)24-13-9-22(10-14-24)31(41)38-27-8-5-7-26(29(27)35)28-21-39(4)33(43)30(37-28)36-25-15-11-23(12-16-25)32(42)40-17-6-19-44-20-18-40/h5,7-16,21H,6,17-20H2,1-4H3,(H,36,37)(H,38,41). The normalized spacial score (nSPS) is 13.7. The fourth-order valence-corrected chi connectivity index (χ4v) is 4.92. The number of anilines is 3. The Labute approximate surface area is 255 Å². The predicted octanol–water partition coefficient (Wildman–Crippen LogP) is 5.74. The minimum absolute atomic E-state index is 0.00575. The summed E-state index contributed by atoms with van der Waals surface area (Å²) in [5.41, 5.74) is 2.40. The van der Waals surface area contributed by atoms with E-state index in [1.807, 2.05) is 12.1 Å². The number of amides is 2. The maximum absolute atomic E-state index is 15.7. The number of nitrogens with one attached hydrogen (secondary N) is 2. The molecule has 4 aromatic rings. The highest BCUT2D eigenvalue weighted by Crippen LogP contribution is 2.28. The topological polar surface area (TPSA) is 106 Å². The summed E-state index contributed by atoms with van der Waals surface area (Å²) in [6.07, 6.45) is 2.23. The average molecular weight is 598 g/mol. The van der Waals surface area contributed by atoms with Gasteiger partial charge in [-0.3, -0.25) is 14.4 Å². The first-order valence-electron chi connectivity index (χ1n) is 14.5. The molecule has 1 aliphatic heterocycles. The lowest BCUT2D eigenvalue weighted by Gasteiger charge is -2.19. The number of halogens is 1. The quantitative estimate of drug-likeness (QED) is 0.294. The van der Waals surface area contributed by atoms with Gasteiger partial charge in [-0.05, 0) is 65.9 Å². The van der Waals surface area contributed by atoms with Crippen molar-refractivity contribution in [3.05, 3.63) is 106 Å². The van der Waals surface area contributed by atoms with Crippen molar-refractivity contribution < 1.29 is 18.7 Å². The number of benzene rings is 3. The Kier molecular flexibility index (Phi) is 8.91. The first kappa shape index (κ1) is 30.6. The van der Waals surface area contributed by atoms with Gasteiger partial charge in [0.25, 0.3) is 17.4 Å². The van der Waals surface area contributed by atoms with E-state index >= 15 is 4.39 Å². The van der Waals surface area contributed by atoms with E-state index in [0.29, 0.717) is 43.1 Å². The summed E-state index contributed by atoms with van der Waals surface area (Å²) in [5, 5.41) is 5.65. The van der Waals surface area contributed by atoms with E-state index < -0.39 is 17.3 Å². The van der Waals surface area contributed by atoms with Gasteiger partial charge in [-0.15, -0.1) is 0 Å². The molecule has 9 nitrogen and oxygen atoms in total. The molecule has 0 spiro atoms. The predicted molar refractivity (Wildman–Crippen MR) is 169 cm³/mol. The zero-order valence-corrected chi connectivity index (χ0v) is 25.3. The van der Waals surface area contributed by atoms with E-state index in [1.165, 1.54) is 22.9 Å². The van der Waals surface area contributed by atoms with Crippen LogP contribution in [0.4, 0.5) is 21.6 Å². The Morgan fingerprint density at radius 1 is 0.932 bits per heavy atom. The summed E-state index contributed by atoms with van der Waals surface area (Å²) in [7, 11) is 1.55. The molecule has 44 heavy (non-hydrogen) atoms. The van der Waals surface area contributed by atoms with E-state index in [2.05, 4.69) is 36.4 Å². The Morgan fingerprint density at radius 2 is 1.64 bits per heavy atom. The fraction of sp³-hybridized carbons (Fsp3) is 0.294. The van der Waals surface area contributed by atoms with Gasteiger partial charge >= 0.3 is 0 Å². The summed E-state index contributed by atoms with van der Waals surface area (Å²) in [6, 6.07) is 18.6. The van der Waals surface area contributed by atoms with Crippen LogP contribution in [0.5, 0.6) is 0 Å². The summed E-state index contributed by atoms with van der Waals surface area (Å²) in [5.74, 6) is -1.21. The monoisotopic (exact) mass is 597 g/mol. The molecule has 0 radical (unpaired) electrons. The molecule has 0 unspecified atom stereocenters. The van der Waals surface area contributed by atoms with Crippen LogP contribution in [0.15, 0.2) is 77.7 Å². The second-order valence-electron chi connectivity index (χ2n) is 11.8. The maximum Gasteiger partial charge on any atom is 0.293 e. The van der Waals surface area contributed by atoms with Crippen LogP contribution < -0.4 is 16.2 Å². The number of aryl methyl sites for hydroxylation is 1. The summed E-state index contributed by atoms with van der Waals surface area (Å²) >= 11 is 0. The van der Waals surface area contributed by atoms with Crippen LogP contribution in [0.2, 0.25) is 0 Å². The van der Waals surface area contributed by atoms with Crippen LogP contribution in [0.1, 0.15) is 53.5 Å². The number of hydrogen-bond donors (Lipinski definition) is 2. The molecule has 1 aromatic heterocycles. The highest BCUT2D eigenvalue weighted by molar-refractivity contribution is 6.04. The second kappa shape index (κ2) is 12.8. The molecule has 0 bridgehead atoms. The zero-order chi connectivity index (χ0) is 31.4. The van der Waals surface area contributed by atoms with Gasteiger partial charge in [0, 0.05) is 55.3 Å². The van der Waals surface area contributed by atoms with E-state index in [4.69, 9.17) is 4.74 Å². The molecule has 2 amide bonds. The smallest absolute Gasteiger partial charge is 0.293 e. The van der Waals surface area contributed by atoms with Gasteiger partial charge in [0.05, 0.1) is 18.0 Å². The number of aromatic nitrogens is 2. The van der Waals surface area contributed by atoms with Gasteiger partial charge in [-0.25, -0.2) is 9.37 Å². The van der Waals surface area contributed by atoms with Crippen molar-refractivity contribution in [2.75, 3.05) is 36.9 Å². The van der Waals surface area contributed by atoms with Crippen LogP contribution in [-0.2, 0) is 17.2 Å². The lowest BCUT2D eigenvalue weighted by molar-refractivity contribution is 0.0741. The molecule has 2 heterocycles. The molecule has 1 aliphatic rings. The molecule has 0 saturated carbocycles. The zero-order valence-electron chi connectivity index (χ0n) is 25.3. The van der Waals surface area contributed by atoms with E-state index in [0.717, 1.165) is 12.0 Å². The minimum atomic E-state index is -0.675. The number of nitrogens with zero attached hydrogens (tertiary/aromatic N) is 3. The third-order valence-electron chi connectivity index (χ3n) is 7.51. The highest BCUT2D eigenvalue weighted by Gasteiger charge is 2.20. The van der Waals surface area contributed by atoms with Crippen LogP contribution in [0.25, 0.3) is 11.3 Å². The van der Waals surface area contributed by atoms with Gasteiger partial charge < -0.3 is 24.8 Å². The first-order valence-corrected chi connectivity index (χ1v) is 14.5. The largest absolute Gasteiger partial charge is 0.380 e. The Morgan fingerprint density at radius 3 is 2.34 bits per heavy atom. The van der Waals surface area contributed by atoms with Crippen molar-refractivity contribution in [3.63, 3.8) is 0 Å². The van der Waals surface area contributed by atoms with Crippen molar-refractivity contribution in [1.29, 1.82) is 0 Å². The summed E-state index contributed by atoms with van der Waals surface area (Å²) in [6.45, 7) is 8.59. The van der Waals surface area contributed by atoms with Crippen molar-refractivity contribution in [3.8, 4) is 11.3 Å². The van der Waals surface area contributed by atoms with Crippen molar-refractivity contribution in [2.45, 2.75) is 32.6 Å². The average Bonchev–Trinajstić information content (AvgIpc) is 3.30. The van der Waals surface area contributed by atoms with Crippen LogP contribution >= 0.6 is 0 Å². The summed E-state index contributed by atoms with van der Waals surface area (Å²) in [4.78, 5) is 44.9. The Hall–Kier alpha value is -4.83. The molecule has 10 heteroatoms. The highest BCUT2D eigenvalue weighted by atomic mass is 19.1. The third-order valence-corrected chi connectivity index (χ3v) is 7.51. The van der Waals surface area contributed by atoms with Crippen molar-refractivity contribution >= 4 is 29.0 Å². The van der Waals surface area contributed by atoms with Crippen molar-refractivity contribution in [1.82, 2.24) is 14.5 Å². The Balaban J connectivity index is 1.35. The molecule has 0 aliphatic carbocycles. The second-order valence-corrected chi connectivity index (χ2v) is 11.8. The first-order chi connectivity index (χ1) is 21.0. The number of carbonyl (C=O) groups is 2. The number of carbonyl (C=O) groups excluding carboxylic acids is 2. The number of ether oxygens (including phenoxy) is 1. The van der Waals surface area contributed by atoms with Gasteiger partial charge in [-0.2, -0.15) is 0 Å². The minimum Gasteiger partial charge on any atom is -0.380 e. The van der Waals surface area contributed by atoms with E-state index in [-0.39, 0.29) is 34.1 Å². The lowest BCUT2D eigenvalue weighted by atomic mass is 9.87. The molecule has 0 atom stereocenters. The molecule has 228 valence electrons. The fourth-order valence-electron chi connectivity index (χ4n) is 4.92. The van der Waals surface area contributed by atoms with Crippen LogP contribution in [-0.4, -0.2) is 52.6 Å². The van der Waals surface area contributed by atoms with Crippen LogP contribution in [0, 0.1) is 5.82 Å². The Bertz CT molecular complexity index is 1720. The lowest BCUT2D eigenvalue weighted by Crippen LogP contribution is -2.33. The maximum atomic E-state index is 15.7. The molecule has 1 saturated heterocycles. The van der Waals surface area contributed by atoms with Gasteiger partial charge in [0.1, 0.15) is 0 Å². The van der Waals surface area contributed by atoms with E-state index in [9.17, 15) is 14.4 Å². The van der Waals surface area contributed by atoms with Gasteiger partial charge in [-0.1, -0.05) is 39.0 Å². The molecule has 2 N–H and O–H groups in total. The van der Waals surface area contributed by atoms with Crippen LogP contribution in [0.3, 0.4) is 0 Å². The van der Waals surface area contributed by atoms with Gasteiger partial charge in [0.15, 0.2) is 11.6 Å². The van der Waals surface area contributed by atoms with Crippen molar-refractivity contribution in [2.24, 2.45) is 7.05 Å². The molecule has 5 rings (SSSR count). The van der Waals surface area contributed by atoms with Gasteiger partial charge in [0.2, 0.25) is 0 Å². The number of hydrogen-bond acceptors (Lipinski definition) is 6. The molecule has 1 fully saturated rings. The molecular formula is C34H36FN5O4. The third kappa shape index (κ3) is 6.86. The van der Waals surface area contributed by atoms with E-state index in [1.54, 1.807) is 54.4 Å². The summed E-state index contributed by atoms with van der Waals surface area (Å²) < 4.78 is 22.5. The molecular weight excluding hydrogens is 561 g/mol. The SMILES string of the molecule is Cn1cc(-c2cccc(NC(=O)c3ccc(C(C)(C)C)cc3)c2F)nc(Nc2ccc(C(=O)N3CCCOCC3)cc2)c1=O.